The number of halogens is 1. The lowest BCUT2D eigenvalue weighted by molar-refractivity contribution is 0.0481. The number of hydrogen-bond acceptors (Lipinski definition) is 5. The van der Waals surface area contributed by atoms with Crippen molar-refractivity contribution in [3.8, 4) is 11.5 Å². The first kappa shape index (κ1) is 22.8. The minimum Gasteiger partial charge on any atom is -0.487 e. The van der Waals surface area contributed by atoms with Crippen molar-refractivity contribution in [1.29, 1.82) is 0 Å². The van der Waals surface area contributed by atoms with Crippen LogP contribution in [0.5, 0.6) is 11.5 Å². The predicted molar refractivity (Wildman–Crippen MR) is 110 cm³/mol. The van der Waals surface area contributed by atoms with Crippen molar-refractivity contribution in [3.63, 3.8) is 0 Å². The second-order valence-corrected chi connectivity index (χ2v) is 8.71. The Bertz CT molecular complexity index is 611. The molecule has 26 heavy (non-hydrogen) atoms. The molecular weight excluding hydrogens is 449 g/mol. The summed E-state index contributed by atoms with van der Waals surface area (Å²) in [5.74, 6) is 1.24. The minimum absolute atomic E-state index is 0.00240. The number of benzene rings is 1. The van der Waals surface area contributed by atoms with Crippen LogP contribution in [0.25, 0.3) is 0 Å². The molecule has 1 amide bonds. The normalized spacial score (nSPS) is 12.9. The molecule has 0 saturated heterocycles. The molecule has 0 spiro atoms. The minimum atomic E-state index is -0.612. The maximum atomic E-state index is 12.1. The highest BCUT2D eigenvalue weighted by molar-refractivity contribution is 14.1. The average Bonchev–Trinajstić information content (AvgIpc) is 2.45. The van der Waals surface area contributed by atoms with Gasteiger partial charge in [0.2, 0.25) is 0 Å². The number of aliphatic hydroxyl groups excluding tert-OH is 1. The Labute approximate surface area is 169 Å². The highest BCUT2D eigenvalue weighted by Crippen LogP contribution is 2.37. The Morgan fingerprint density at radius 2 is 1.73 bits per heavy atom. The predicted octanol–water partition coefficient (Wildman–Crippen LogP) is 4.42. The standard InChI is InChI=1S/C19H30INO5/c1-11(2)24-16-9-13(8-14(20)17(16)25-12(3)4)15(10-22)21-18(23)26-19(5,6)7/h8-9,11-12,15,22H,10H2,1-7H3,(H,21,23)/t15-/m0/s1. The number of carbonyl (C=O) groups excluding carboxylic acids is 1. The Kier molecular flexibility index (Phi) is 8.46. The molecule has 148 valence electrons. The van der Waals surface area contributed by atoms with E-state index in [4.69, 9.17) is 14.2 Å². The highest BCUT2D eigenvalue weighted by atomic mass is 127. The molecule has 0 bridgehead atoms. The monoisotopic (exact) mass is 479 g/mol. The Morgan fingerprint density at radius 1 is 1.15 bits per heavy atom. The first-order valence-corrected chi connectivity index (χ1v) is 9.78. The van der Waals surface area contributed by atoms with Gasteiger partial charge < -0.3 is 24.6 Å². The van der Waals surface area contributed by atoms with E-state index in [9.17, 15) is 9.90 Å². The fourth-order valence-electron chi connectivity index (χ4n) is 2.17. The third kappa shape index (κ3) is 7.57. The molecule has 6 nitrogen and oxygen atoms in total. The summed E-state index contributed by atoms with van der Waals surface area (Å²) in [7, 11) is 0. The molecule has 0 aliphatic heterocycles. The lowest BCUT2D eigenvalue weighted by Gasteiger charge is -2.24. The first-order chi connectivity index (χ1) is 11.9. The van der Waals surface area contributed by atoms with E-state index in [2.05, 4.69) is 27.9 Å². The van der Waals surface area contributed by atoms with Crippen molar-refractivity contribution in [1.82, 2.24) is 5.32 Å². The van der Waals surface area contributed by atoms with E-state index in [0.717, 1.165) is 9.13 Å². The van der Waals surface area contributed by atoms with Crippen molar-refractivity contribution in [2.24, 2.45) is 0 Å². The summed E-state index contributed by atoms with van der Waals surface area (Å²) in [4.78, 5) is 12.1. The van der Waals surface area contributed by atoms with Crippen molar-refractivity contribution in [3.05, 3.63) is 21.3 Å². The van der Waals surface area contributed by atoms with E-state index in [0.29, 0.717) is 11.5 Å². The van der Waals surface area contributed by atoms with E-state index in [1.807, 2.05) is 33.8 Å². The van der Waals surface area contributed by atoms with Crippen molar-refractivity contribution in [2.45, 2.75) is 72.3 Å². The van der Waals surface area contributed by atoms with Crippen LogP contribution in [0.1, 0.15) is 60.1 Å². The molecule has 1 aromatic rings. The zero-order valence-corrected chi connectivity index (χ0v) is 18.7. The van der Waals surface area contributed by atoms with Gasteiger partial charge in [-0.25, -0.2) is 4.79 Å². The first-order valence-electron chi connectivity index (χ1n) is 8.70. The average molecular weight is 479 g/mol. The summed E-state index contributed by atoms with van der Waals surface area (Å²) in [5, 5.41) is 12.5. The number of ether oxygens (including phenoxy) is 3. The molecule has 1 rings (SSSR count). The molecule has 1 aromatic carbocycles. The van der Waals surface area contributed by atoms with Gasteiger partial charge in [0, 0.05) is 0 Å². The maximum Gasteiger partial charge on any atom is 0.408 e. The van der Waals surface area contributed by atoms with Gasteiger partial charge in [-0.3, -0.25) is 0 Å². The third-order valence-corrected chi connectivity index (χ3v) is 3.83. The van der Waals surface area contributed by atoms with Gasteiger partial charge in [0.1, 0.15) is 5.60 Å². The molecule has 1 atom stereocenters. The SMILES string of the molecule is CC(C)Oc1cc([C@H](CO)NC(=O)OC(C)(C)C)cc(I)c1OC(C)C. The quantitative estimate of drug-likeness (QED) is 0.567. The Hall–Kier alpha value is -1.22. The molecule has 7 heteroatoms. The fourth-order valence-corrected chi connectivity index (χ4v) is 2.92. The zero-order valence-electron chi connectivity index (χ0n) is 16.6. The van der Waals surface area contributed by atoms with Crippen molar-refractivity contribution < 1.29 is 24.1 Å². The molecule has 0 saturated carbocycles. The fraction of sp³-hybridized carbons (Fsp3) is 0.632. The van der Waals surface area contributed by atoms with Crippen molar-refractivity contribution in [2.75, 3.05) is 6.61 Å². The van der Waals surface area contributed by atoms with Crippen LogP contribution in [0, 0.1) is 3.57 Å². The molecule has 0 fully saturated rings. The number of hydrogen-bond donors (Lipinski definition) is 2. The summed E-state index contributed by atoms with van der Waals surface area (Å²) in [6.45, 7) is 12.9. The van der Waals surface area contributed by atoms with Gasteiger partial charge in [0.15, 0.2) is 11.5 Å². The van der Waals surface area contributed by atoms with Crippen LogP contribution in [-0.4, -0.2) is 35.6 Å². The highest BCUT2D eigenvalue weighted by Gasteiger charge is 2.23. The van der Waals surface area contributed by atoms with Gasteiger partial charge in [0.25, 0.3) is 0 Å². The molecule has 0 aliphatic rings. The van der Waals surface area contributed by atoms with Crippen LogP contribution >= 0.6 is 22.6 Å². The van der Waals surface area contributed by atoms with E-state index in [1.165, 1.54) is 0 Å². The zero-order chi connectivity index (χ0) is 20.1. The lowest BCUT2D eigenvalue weighted by atomic mass is 10.1. The molecule has 2 N–H and O–H groups in total. The van der Waals surface area contributed by atoms with Gasteiger partial charge in [-0.05, 0) is 88.8 Å². The maximum absolute atomic E-state index is 12.1. The molecule has 0 heterocycles. The number of aliphatic hydroxyl groups is 1. The smallest absolute Gasteiger partial charge is 0.408 e. The van der Waals surface area contributed by atoms with Crippen LogP contribution < -0.4 is 14.8 Å². The molecule has 0 aliphatic carbocycles. The summed E-state index contributed by atoms with van der Waals surface area (Å²) in [6, 6.07) is 3.04. The van der Waals surface area contributed by atoms with Gasteiger partial charge in [0.05, 0.1) is 28.4 Å². The Morgan fingerprint density at radius 3 is 2.19 bits per heavy atom. The number of amides is 1. The molecule has 0 unspecified atom stereocenters. The van der Waals surface area contributed by atoms with E-state index < -0.39 is 17.7 Å². The van der Waals surface area contributed by atoms with Crippen LogP contribution in [0.3, 0.4) is 0 Å². The van der Waals surface area contributed by atoms with Crippen LogP contribution in [-0.2, 0) is 4.74 Å². The van der Waals surface area contributed by atoms with Crippen LogP contribution in [0.15, 0.2) is 12.1 Å². The van der Waals surface area contributed by atoms with E-state index >= 15 is 0 Å². The van der Waals surface area contributed by atoms with Gasteiger partial charge >= 0.3 is 6.09 Å². The van der Waals surface area contributed by atoms with E-state index in [-0.39, 0.29) is 18.8 Å². The van der Waals surface area contributed by atoms with Crippen LogP contribution in [0.2, 0.25) is 0 Å². The van der Waals surface area contributed by atoms with Crippen LogP contribution in [0.4, 0.5) is 4.79 Å². The number of alkyl carbamates (subject to hydrolysis) is 1. The summed E-state index contributed by atoms with van der Waals surface area (Å²) < 4.78 is 17.9. The topological polar surface area (TPSA) is 77.0 Å². The van der Waals surface area contributed by atoms with E-state index in [1.54, 1.807) is 26.8 Å². The van der Waals surface area contributed by atoms with Gasteiger partial charge in [-0.15, -0.1) is 0 Å². The molecule has 0 radical (unpaired) electrons. The summed E-state index contributed by atoms with van der Waals surface area (Å²) in [5.41, 5.74) is 0.105. The largest absolute Gasteiger partial charge is 0.487 e. The summed E-state index contributed by atoms with van der Waals surface area (Å²) in [6.07, 6.45) is -0.625. The second-order valence-electron chi connectivity index (χ2n) is 7.54. The number of nitrogens with one attached hydrogen (secondary N) is 1. The Balaban J connectivity index is 3.16. The summed E-state index contributed by atoms with van der Waals surface area (Å²) >= 11 is 2.17. The van der Waals surface area contributed by atoms with Crippen molar-refractivity contribution >= 4 is 28.7 Å². The molecule has 0 aromatic heterocycles. The number of rotatable bonds is 7. The third-order valence-electron chi connectivity index (χ3n) is 3.02. The lowest BCUT2D eigenvalue weighted by Crippen LogP contribution is -2.36. The molecular formula is C19H30INO5. The van der Waals surface area contributed by atoms with Gasteiger partial charge in [-0.1, -0.05) is 0 Å². The number of carbonyl (C=O) groups is 1. The second kappa shape index (κ2) is 9.64. The van der Waals surface area contributed by atoms with Gasteiger partial charge in [-0.2, -0.15) is 0 Å².